The van der Waals surface area contributed by atoms with E-state index in [0.29, 0.717) is 11.5 Å². The largest absolute Gasteiger partial charge is 0.361 e. The molecule has 16 heavy (non-hydrogen) atoms. The monoisotopic (exact) mass is 217 g/mol. The predicted molar refractivity (Wildman–Crippen MR) is 60.7 cm³/mol. The van der Waals surface area contributed by atoms with Crippen LogP contribution >= 0.6 is 0 Å². The van der Waals surface area contributed by atoms with E-state index in [1.54, 1.807) is 18.5 Å². The highest BCUT2D eigenvalue weighted by atomic mass is 16.5. The molecule has 2 rings (SSSR count). The van der Waals surface area contributed by atoms with Crippen molar-refractivity contribution < 1.29 is 4.52 Å². The van der Waals surface area contributed by atoms with Crippen molar-refractivity contribution in [3.8, 4) is 11.5 Å². The first-order valence-electron chi connectivity index (χ1n) is 5.28. The van der Waals surface area contributed by atoms with Crippen LogP contribution in [0.5, 0.6) is 0 Å². The van der Waals surface area contributed by atoms with Gasteiger partial charge in [0.25, 0.3) is 0 Å². The summed E-state index contributed by atoms with van der Waals surface area (Å²) in [7, 11) is 0. The molecule has 0 fully saturated rings. The van der Waals surface area contributed by atoms with Crippen LogP contribution in [-0.4, -0.2) is 15.1 Å². The van der Waals surface area contributed by atoms with Gasteiger partial charge in [0.15, 0.2) is 11.5 Å². The number of hydrogen-bond acceptors (Lipinski definition) is 4. The van der Waals surface area contributed by atoms with E-state index in [1.165, 1.54) is 0 Å². The third-order valence-electron chi connectivity index (χ3n) is 2.06. The van der Waals surface area contributed by atoms with Crippen LogP contribution in [0.1, 0.15) is 26.5 Å². The summed E-state index contributed by atoms with van der Waals surface area (Å²) in [5.74, 6) is 1.47. The second-order valence-corrected chi connectivity index (χ2v) is 4.99. The average Bonchev–Trinajstić information content (AvgIpc) is 2.65. The van der Waals surface area contributed by atoms with E-state index in [4.69, 9.17) is 4.52 Å². The molecule has 4 heteroatoms. The molecule has 0 spiro atoms. The normalized spacial score (nSPS) is 11.7. The third kappa shape index (κ3) is 2.66. The second kappa shape index (κ2) is 4.04. The Hall–Kier alpha value is -1.71. The lowest BCUT2D eigenvalue weighted by atomic mass is 9.91. The fourth-order valence-electron chi connectivity index (χ4n) is 1.46. The van der Waals surface area contributed by atoms with Crippen molar-refractivity contribution in [1.82, 2.24) is 15.1 Å². The van der Waals surface area contributed by atoms with Crippen LogP contribution < -0.4 is 0 Å². The highest BCUT2D eigenvalue weighted by molar-refractivity contribution is 5.47. The molecule has 0 aliphatic carbocycles. The van der Waals surface area contributed by atoms with E-state index in [-0.39, 0.29) is 5.41 Å². The van der Waals surface area contributed by atoms with Gasteiger partial charge in [0.2, 0.25) is 0 Å². The van der Waals surface area contributed by atoms with Crippen LogP contribution in [0.25, 0.3) is 11.5 Å². The van der Waals surface area contributed by atoms with Gasteiger partial charge in [-0.3, -0.25) is 0 Å². The fraction of sp³-hybridized carbons (Fsp3) is 0.417. The van der Waals surface area contributed by atoms with Crippen LogP contribution in [0, 0.1) is 5.41 Å². The minimum atomic E-state index is 0.189. The van der Waals surface area contributed by atoms with Crippen molar-refractivity contribution >= 4 is 0 Å². The van der Waals surface area contributed by atoms with Crippen molar-refractivity contribution in [2.45, 2.75) is 27.2 Å². The Bertz CT molecular complexity index is 457. The Morgan fingerprint density at radius 2 is 1.88 bits per heavy atom. The van der Waals surface area contributed by atoms with E-state index in [1.807, 2.05) is 6.07 Å². The molecule has 0 saturated carbocycles. The van der Waals surface area contributed by atoms with Crippen molar-refractivity contribution in [2.75, 3.05) is 0 Å². The maximum absolute atomic E-state index is 5.27. The summed E-state index contributed by atoms with van der Waals surface area (Å²) in [4.78, 5) is 8.25. The van der Waals surface area contributed by atoms with E-state index >= 15 is 0 Å². The van der Waals surface area contributed by atoms with Gasteiger partial charge in [-0.2, -0.15) is 0 Å². The smallest absolute Gasteiger partial charge is 0.181 e. The molecule has 4 nitrogen and oxygen atoms in total. The van der Waals surface area contributed by atoms with Crippen molar-refractivity contribution in [2.24, 2.45) is 5.41 Å². The minimum absolute atomic E-state index is 0.189. The molecular weight excluding hydrogens is 202 g/mol. The summed E-state index contributed by atoms with van der Waals surface area (Å²) in [6.07, 6.45) is 4.24. The number of aromatic nitrogens is 3. The van der Waals surface area contributed by atoms with Gasteiger partial charge in [-0.05, 0) is 11.5 Å². The summed E-state index contributed by atoms with van der Waals surface area (Å²) in [5.41, 5.74) is 0.883. The molecular formula is C12H15N3O. The van der Waals surface area contributed by atoms with Gasteiger partial charge in [-0.1, -0.05) is 25.9 Å². The maximum atomic E-state index is 5.27. The zero-order valence-electron chi connectivity index (χ0n) is 9.77. The first-order chi connectivity index (χ1) is 7.54. The van der Waals surface area contributed by atoms with E-state index in [0.717, 1.165) is 12.2 Å². The lowest BCUT2D eigenvalue weighted by molar-refractivity contribution is 0.321. The lowest BCUT2D eigenvalue weighted by Crippen LogP contribution is -2.08. The molecule has 0 N–H and O–H groups in total. The Morgan fingerprint density at radius 3 is 2.50 bits per heavy atom. The van der Waals surface area contributed by atoms with Crippen molar-refractivity contribution in [3.05, 3.63) is 30.3 Å². The molecule has 0 radical (unpaired) electrons. The highest BCUT2D eigenvalue weighted by Gasteiger charge is 2.16. The quantitative estimate of drug-likeness (QED) is 0.776. The van der Waals surface area contributed by atoms with Gasteiger partial charge in [-0.15, -0.1) is 0 Å². The summed E-state index contributed by atoms with van der Waals surface area (Å²) in [6, 6.07) is 3.68. The molecule has 84 valence electrons. The Balaban J connectivity index is 2.21. The van der Waals surface area contributed by atoms with Crippen molar-refractivity contribution in [1.29, 1.82) is 0 Å². The fourth-order valence-corrected chi connectivity index (χ4v) is 1.46. The average molecular weight is 217 g/mol. The number of hydrogen-bond donors (Lipinski definition) is 0. The summed E-state index contributed by atoms with van der Waals surface area (Å²) in [6.45, 7) is 6.48. The molecule has 0 atom stereocenters. The Kier molecular flexibility index (Phi) is 2.73. The van der Waals surface area contributed by atoms with Crippen LogP contribution in [-0.2, 0) is 6.42 Å². The van der Waals surface area contributed by atoms with Crippen LogP contribution in [0.3, 0.4) is 0 Å². The Labute approximate surface area is 94.7 Å². The van der Waals surface area contributed by atoms with Crippen molar-refractivity contribution in [3.63, 3.8) is 0 Å². The van der Waals surface area contributed by atoms with Crippen LogP contribution in [0.2, 0.25) is 0 Å². The van der Waals surface area contributed by atoms with E-state index < -0.39 is 0 Å². The summed E-state index contributed by atoms with van der Waals surface area (Å²) < 4.78 is 5.27. The van der Waals surface area contributed by atoms with Gasteiger partial charge in [-0.25, -0.2) is 9.97 Å². The van der Waals surface area contributed by atoms with Crippen LogP contribution in [0.4, 0.5) is 0 Å². The highest BCUT2D eigenvalue weighted by Crippen LogP contribution is 2.23. The van der Waals surface area contributed by atoms with Crippen LogP contribution in [0.15, 0.2) is 29.0 Å². The second-order valence-electron chi connectivity index (χ2n) is 4.99. The first kappa shape index (κ1) is 10.8. The zero-order chi connectivity index (χ0) is 11.6. The molecule has 0 aliphatic heterocycles. The lowest BCUT2D eigenvalue weighted by Gasteiger charge is -2.14. The van der Waals surface area contributed by atoms with E-state index in [9.17, 15) is 0 Å². The third-order valence-corrected chi connectivity index (χ3v) is 2.06. The topological polar surface area (TPSA) is 51.8 Å². The van der Waals surface area contributed by atoms with Gasteiger partial charge < -0.3 is 4.52 Å². The molecule has 0 aromatic carbocycles. The molecule has 0 aliphatic rings. The van der Waals surface area contributed by atoms with E-state index in [2.05, 4.69) is 35.9 Å². The molecule has 0 bridgehead atoms. The minimum Gasteiger partial charge on any atom is -0.361 e. The summed E-state index contributed by atoms with van der Waals surface area (Å²) >= 11 is 0. The number of nitrogens with zero attached hydrogens (tertiary/aromatic N) is 3. The SMILES string of the molecule is CC(C)(C)Cc1cc(-c2ncccn2)no1. The van der Waals surface area contributed by atoms with Gasteiger partial charge in [0.05, 0.1) is 0 Å². The zero-order valence-corrected chi connectivity index (χ0v) is 9.77. The van der Waals surface area contributed by atoms with Gasteiger partial charge in [0, 0.05) is 24.9 Å². The first-order valence-corrected chi connectivity index (χ1v) is 5.28. The standard InChI is InChI=1S/C12H15N3O/c1-12(2,3)8-9-7-10(15-16-9)11-13-5-4-6-14-11/h4-7H,8H2,1-3H3. The molecule has 0 saturated heterocycles. The number of rotatable bonds is 2. The van der Waals surface area contributed by atoms with Gasteiger partial charge in [0.1, 0.15) is 5.76 Å². The molecule has 2 heterocycles. The summed E-state index contributed by atoms with van der Waals surface area (Å²) in [5, 5.41) is 3.97. The molecule has 0 unspecified atom stereocenters. The Morgan fingerprint density at radius 1 is 1.19 bits per heavy atom. The molecule has 2 aromatic rings. The maximum Gasteiger partial charge on any atom is 0.181 e. The molecule has 0 amide bonds. The van der Waals surface area contributed by atoms with Gasteiger partial charge >= 0.3 is 0 Å². The predicted octanol–water partition coefficient (Wildman–Crippen LogP) is 2.72. The molecule has 2 aromatic heterocycles.